The second-order valence-corrected chi connectivity index (χ2v) is 7.63. The van der Waals surface area contributed by atoms with Crippen LogP contribution in [0.15, 0.2) is 64.6 Å². The maximum Gasteiger partial charge on any atom is 0.416 e. The summed E-state index contributed by atoms with van der Waals surface area (Å²) in [7, 11) is 0. The van der Waals surface area contributed by atoms with Crippen LogP contribution >= 0.6 is 0 Å². The summed E-state index contributed by atoms with van der Waals surface area (Å²) in [6.07, 6.45) is -1.14. The Labute approximate surface area is 181 Å². The summed E-state index contributed by atoms with van der Waals surface area (Å²) in [6, 6.07) is 8.80. The van der Waals surface area contributed by atoms with Crippen molar-refractivity contribution in [2.24, 2.45) is 4.99 Å². The molecular formula is C23H20F4N4O. The van der Waals surface area contributed by atoms with E-state index in [1.807, 2.05) is 13.8 Å². The number of benzene rings is 1. The lowest BCUT2D eigenvalue weighted by molar-refractivity contribution is -0.137. The van der Waals surface area contributed by atoms with Crippen molar-refractivity contribution in [3.05, 3.63) is 99.0 Å². The molecule has 2 atom stereocenters. The normalized spacial score (nSPS) is 20.7. The van der Waals surface area contributed by atoms with E-state index in [4.69, 9.17) is 4.99 Å². The zero-order valence-electron chi connectivity index (χ0n) is 17.3. The van der Waals surface area contributed by atoms with Gasteiger partial charge in [0.2, 0.25) is 5.95 Å². The first-order chi connectivity index (χ1) is 15.1. The van der Waals surface area contributed by atoms with Gasteiger partial charge in [-0.2, -0.15) is 17.6 Å². The molecule has 0 amide bonds. The van der Waals surface area contributed by atoms with Crippen LogP contribution in [0, 0.1) is 5.95 Å². The highest BCUT2D eigenvalue weighted by molar-refractivity contribution is 6.01. The van der Waals surface area contributed by atoms with Crippen LogP contribution in [-0.4, -0.2) is 21.8 Å². The van der Waals surface area contributed by atoms with Crippen molar-refractivity contribution in [3.8, 4) is 0 Å². The number of aliphatic imine (C=N–C) groups is 1. The average molecular weight is 444 g/mol. The van der Waals surface area contributed by atoms with Crippen LogP contribution in [-0.2, 0) is 18.1 Å². The fraction of sp³-hybridized carbons (Fsp3) is 0.261. The number of amidine groups is 1. The Bertz CT molecular complexity index is 1230. The predicted molar refractivity (Wildman–Crippen MR) is 112 cm³/mol. The van der Waals surface area contributed by atoms with Crippen molar-refractivity contribution < 1.29 is 17.6 Å². The van der Waals surface area contributed by atoms with Gasteiger partial charge in [-0.05, 0) is 54.8 Å². The SMILES string of the molecule is CCc1cc(C2=N[C@](c3ccc(C(F)(F)F)cc3)(c3ccnc(F)c3)[C@H](C)N2)c[nH]c1=O. The van der Waals surface area contributed by atoms with Gasteiger partial charge in [-0.1, -0.05) is 19.1 Å². The van der Waals surface area contributed by atoms with Crippen LogP contribution in [0.1, 0.15) is 41.7 Å². The molecule has 2 N–H and O–H groups in total. The molecule has 0 spiro atoms. The van der Waals surface area contributed by atoms with Gasteiger partial charge in [-0.15, -0.1) is 0 Å². The Morgan fingerprint density at radius 2 is 1.81 bits per heavy atom. The summed E-state index contributed by atoms with van der Waals surface area (Å²) in [4.78, 5) is 23.1. The second-order valence-electron chi connectivity index (χ2n) is 7.63. The monoisotopic (exact) mass is 444 g/mol. The minimum Gasteiger partial charge on any atom is -0.364 e. The van der Waals surface area contributed by atoms with Crippen molar-refractivity contribution in [2.45, 2.75) is 38.0 Å². The van der Waals surface area contributed by atoms with Crippen LogP contribution in [0.2, 0.25) is 0 Å². The number of aromatic nitrogens is 2. The maximum atomic E-state index is 14.0. The minimum absolute atomic E-state index is 0.201. The highest BCUT2D eigenvalue weighted by Gasteiger charge is 2.45. The van der Waals surface area contributed by atoms with E-state index in [0.29, 0.717) is 34.5 Å². The van der Waals surface area contributed by atoms with Gasteiger partial charge in [0, 0.05) is 23.5 Å². The van der Waals surface area contributed by atoms with Crippen molar-refractivity contribution in [2.75, 3.05) is 0 Å². The molecule has 0 saturated carbocycles. The highest BCUT2D eigenvalue weighted by Crippen LogP contribution is 2.42. The molecule has 0 aliphatic carbocycles. The molecule has 3 aromatic rings. The third-order valence-electron chi connectivity index (χ3n) is 5.72. The van der Waals surface area contributed by atoms with Crippen LogP contribution in [0.25, 0.3) is 0 Å². The fourth-order valence-electron chi connectivity index (χ4n) is 4.04. The standard InChI is InChI=1S/C23H20F4N4O/c1-3-14-10-15(12-29-21(14)32)20-30-13(2)22(31-20,18-8-9-28-19(24)11-18)16-4-6-17(7-5-16)23(25,26)27/h4-13H,3H2,1-2H3,(H,29,32)(H,30,31)/t13-,22+/m0/s1. The van der Waals surface area contributed by atoms with E-state index in [2.05, 4.69) is 15.3 Å². The molecule has 1 aliphatic rings. The molecule has 1 aliphatic heterocycles. The Morgan fingerprint density at radius 1 is 1.09 bits per heavy atom. The predicted octanol–water partition coefficient (Wildman–Crippen LogP) is 4.17. The zero-order chi connectivity index (χ0) is 23.1. The lowest BCUT2D eigenvalue weighted by Crippen LogP contribution is -2.41. The number of aromatic amines is 1. The Kier molecular flexibility index (Phi) is 5.36. The smallest absolute Gasteiger partial charge is 0.364 e. The van der Waals surface area contributed by atoms with Gasteiger partial charge in [0.05, 0.1) is 11.6 Å². The number of pyridine rings is 2. The third kappa shape index (κ3) is 3.68. The van der Waals surface area contributed by atoms with Gasteiger partial charge < -0.3 is 10.3 Å². The second kappa shape index (κ2) is 7.89. The van der Waals surface area contributed by atoms with Gasteiger partial charge in [-0.3, -0.25) is 4.79 Å². The first kappa shape index (κ1) is 21.7. The summed E-state index contributed by atoms with van der Waals surface area (Å²) < 4.78 is 53.4. The van der Waals surface area contributed by atoms with Gasteiger partial charge in [0.25, 0.3) is 5.56 Å². The highest BCUT2D eigenvalue weighted by atomic mass is 19.4. The molecule has 9 heteroatoms. The molecule has 0 saturated heterocycles. The molecule has 0 bridgehead atoms. The van der Waals surface area contributed by atoms with Crippen molar-refractivity contribution in [1.29, 1.82) is 0 Å². The topological polar surface area (TPSA) is 70.1 Å². The maximum absolute atomic E-state index is 14.0. The Balaban J connectivity index is 1.91. The number of hydrogen-bond donors (Lipinski definition) is 2. The summed E-state index contributed by atoms with van der Waals surface area (Å²) in [5.41, 5.74) is -0.0861. The number of nitrogens with zero attached hydrogens (tertiary/aromatic N) is 2. The number of halogens is 4. The molecule has 5 nitrogen and oxygen atoms in total. The van der Waals surface area contributed by atoms with E-state index in [1.165, 1.54) is 30.6 Å². The zero-order valence-corrected chi connectivity index (χ0v) is 17.3. The molecule has 0 unspecified atom stereocenters. The number of H-pyrrole nitrogens is 1. The largest absolute Gasteiger partial charge is 0.416 e. The first-order valence-corrected chi connectivity index (χ1v) is 10.0. The van der Waals surface area contributed by atoms with Crippen molar-refractivity contribution >= 4 is 5.84 Å². The van der Waals surface area contributed by atoms with Crippen LogP contribution in [0.3, 0.4) is 0 Å². The molecule has 0 fully saturated rings. The molecule has 0 radical (unpaired) electrons. The fourth-order valence-corrected chi connectivity index (χ4v) is 4.04. The Hall–Kier alpha value is -3.49. The lowest BCUT2D eigenvalue weighted by Gasteiger charge is -2.32. The number of nitrogens with one attached hydrogen (secondary N) is 2. The van der Waals surface area contributed by atoms with E-state index in [1.54, 1.807) is 12.1 Å². The minimum atomic E-state index is -4.48. The van der Waals surface area contributed by atoms with Gasteiger partial charge in [-0.25, -0.2) is 9.98 Å². The molecule has 32 heavy (non-hydrogen) atoms. The van der Waals surface area contributed by atoms with E-state index in [-0.39, 0.29) is 5.56 Å². The van der Waals surface area contributed by atoms with E-state index < -0.39 is 29.3 Å². The number of hydrogen-bond acceptors (Lipinski definition) is 4. The van der Waals surface area contributed by atoms with Crippen molar-refractivity contribution in [3.63, 3.8) is 0 Å². The summed E-state index contributed by atoms with van der Waals surface area (Å²) in [5, 5.41) is 3.26. The van der Waals surface area contributed by atoms with E-state index in [0.717, 1.165) is 12.1 Å². The molecule has 166 valence electrons. The van der Waals surface area contributed by atoms with Crippen LogP contribution in [0.5, 0.6) is 0 Å². The van der Waals surface area contributed by atoms with Crippen molar-refractivity contribution in [1.82, 2.24) is 15.3 Å². The lowest BCUT2D eigenvalue weighted by atomic mass is 9.79. The number of rotatable bonds is 4. The van der Waals surface area contributed by atoms with E-state index >= 15 is 0 Å². The van der Waals surface area contributed by atoms with Gasteiger partial charge in [0.1, 0.15) is 11.4 Å². The van der Waals surface area contributed by atoms with E-state index in [9.17, 15) is 22.4 Å². The first-order valence-electron chi connectivity index (χ1n) is 10.0. The summed E-state index contributed by atoms with van der Waals surface area (Å²) in [6.45, 7) is 3.67. The molecule has 4 rings (SSSR count). The quantitative estimate of drug-likeness (QED) is 0.469. The van der Waals surface area contributed by atoms with Crippen LogP contribution in [0.4, 0.5) is 17.6 Å². The number of alkyl halides is 3. The van der Waals surface area contributed by atoms with Gasteiger partial charge >= 0.3 is 6.18 Å². The summed E-state index contributed by atoms with van der Waals surface area (Å²) >= 11 is 0. The molecule has 2 aromatic heterocycles. The van der Waals surface area contributed by atoms with Gasteiger partial charge in [0.15, 0.2) is 0 Å². The Morgan fingerprint density at radius 3 is 2.44 bits per heavy atom. The molecular weight excluding hydrogens is 424 g/mol. The summed E-state index contributed by atoms with van der Waals surface area (Å²) in [5.74, 6) is -0.275. The average Bonchev–Trinajstić information content (AvgIpc) is 3.11. The number of aryl methyl sites for hydroxylation is 1. The third-order valence-corrected chi connectivity index (χ3v) is 5.72. The van der Waals surface area contributed by atoms with Crippen LogP contribution < -0.4 is 10.9 Å². The molecule has 1 aromatic carbocycles. The molecule has 3 heterocycles.